The predicted octanol–water partition coefficient (Wildman–Crippen LogP) is 3.45. The number of halogens is 3. The lowest BCUT2D eigenvalue weighted by molar-refractivity contribution is -0.367. The van der Waals surface area contributed by atoms with Crippen molar-refractivity contribution in [1.82, 2.24) is 0 Å². The number of carbonyl (C=O) groups excluding carboxylic acids is 2. The second kappa shape index (κ2) is 15.1. The average molecular weight is 687 g/mol. The first-order chi connectivity index (χ1) is 20.5. The van der Waals surface area contributed by atoms with Gasteiger partial charge < -0.3 is 47.7 Å². The molecule has 16 heteroatoms. The Bertz CT molecular complexity index is 1150. The molecule has 1 unspecified atom stereocenters. The molecule has 2 heterocycles. The first kappa shape index (κ1) is 36.5. The molecule has 44 heavy (non-hydrogen) atoms. The zero-order valence-electron chi connectivity index (χ0n) is 25.3. The van der Waals surface area contributed by atoms with E-state index in [0.29, 0.717) is 5.75 Å². The highest BCUT2D eigenvalue weighted by molar-refractivity contribution is 6.76. The first-order valence-corrected chi connectivity index (χ1v) is 14.8. The number of nitrogens with one attached hydrogen (secondary N) is 1. The van der Waals surface area contributed by atoms with Gasteiger partial charge in [-0.1, -0.05) is 46.9 Å². The van der Waals surface area contributed by atoms with E-state index in [1.807, 2.05) is 12.1 Å². The van der Waals surface area contributed by atoms with Crippen LogP contribution in [0, 0.1) is 5.41 Å². The Morgan fingerprint density at radius 2 is 1.50 bits per heavy atom. The molecule has 0 radical (unpaired) electrons. The summed E-state index contributed by atoms with van der Waals surface area (Å²) in [6.07, 6.45) is -10.4. The van der Waals surface area contributed by atoms with Crippen molar-refractivity contribution in [2.75, 3.05) is 14.2 Å². The molecule has 0 bridgehead atoms. The number of esters is 2. The highest BCUT2D eigenvalue weighted by Crippen LogP contribution is 2.39. The van der Waals surface area contributed by atoms with E-state index in [0.717, 1.165) is 12.5 Å². The Morgan fingerprint density at radius 3 is 2.02 bits per heavy atom. The van der Waals surface area contributed by atoms with E-state index in [1.165, 1.54) is 21.0 Å². The Balaban J connectivity index is 1.92. The molecule has 2 fully saturated rings. The maximum atomic E-state index is 12.2. The van der Waals surface area contributed by atoms with Crippen molar-refractivity contribution in [3.8, 4) is 5.75 Å². The van der Waals surface area contributed by atoms with E-state index in [4.69, 9.17) is 82.8 Å². The minimum atomic E-state index is -2.25. The van der Waals surface area contributed by atoms with Gasteiger partial charge in [0, 0.05) is 21.0 Å². The van der Waals surface area contributed by atoms with Gasteiger partial charge in [0.15, 0.2) is 18.5 Å². The van der Waals surface area contributed by atoms with Crippen LogP contribution < -0.4 is 4.74 Å². The first-order valence-electron chi connectivity index (χ1n) is 13.6. The quantitative estimate of drug-likeness (QED) is 0.160. The van der Waals surface area contributed by atoms with Gasteiger partial charge in [0.2, 0.25) is 12.2 Å². The van der Waals surface area contributed by atoms with Crippen molar-refractivity contribution >= 4 is 52.6 Å². The van der Waals surface area contributed by atoms with Gasteiger partial charge in [0.1, 0.15) is 29.7 Å². The normalized spacial score (nSPS) is 34.1. The topological polar surface area (TPSA) is 161 Å². The van der Waals surface area contributed by atoms with E-state index in [-0.39, 0.29) is 6.61 Å². The van der Waals surface area contributed by atoms with Gasteiger partial charge in [-0.25, -0.2) is 0 Å². The molecule has 0 amide bonds. The van der Waals surface area contributed by atoms with Crippen molar-refractivity contribution in [2.45, 2.75) is 106 Å². The lowest BCUT2D eigenvalue weighted by atomic mass is 9.85. The molecule has 10 atom stereocenters. The third-order valence-electron chi connectivity index (χ3n) is 7.14. The van der Waals surface area contributed by atoms with E-state index < -0.39 is 82.5 Å². The molecule has 1 aromatic carbocycles. The molecule has 2 aliphatic rings. The Morgan fingerprint density at radius 1 is 0.909 bits per heavy atom. The van der Waals surface area contributed by atoms with Crippen LogP contribution in [0.5, 0.6) is 5.75 Å². The zero-order chi connectivity index (χ0) is 33.0. The number of hydrogen-bond donors (Lipinski definition) is 2. The van der Waals surface area contributed by atoms with Crippen LogP contribution in [-0.4, -0.2) is 102 Å². The SMILES string of the molecule is COc1ccc(CO[C@@H]2[C@@H](C)O[C@@H](O[C@H]3[C@@H](OC)[C@@H](C)OC(OC(=N)C(Cl)(Cl)Cl)[C@@H]3OC(C)=O)[C@@H](OC(C)=O)[C@@]2(C)O)cc1. The summed E-state index contributed by atoms with van der Waals surface area (Å²) in [7, 11) is 2.94. The van der Waals surface area contributed by atoms with Crippen molar-refractivity contribution in [2.24, 2.45) is 0 Å². The number of hydrogen-bond acceptors (Lipinski definition) is 13. The van der Waals surface area contributed by atoms with Crippen LogP contribution in [0.3, 0.4) is 0 Å². The van der Waals surface area contributed by atoms with E-state index in [9.17, 15) is 14.7 Å². The third kappa shape index (κ3) is 8.86. The minimum Gasteiger partial charge on any atom is -0.497 e. The summed E-state index contributed by atoms with van der Waals surface area (Å²) in [5, 5.41) is 19.8. The van der Waals surface area contributed by atoms with Crippen LogP contribution in [0.4, 0.5) is 0 Å². The number of aliphatic hydroxyl groups is 1. The lowest BCUT2D eigenvalue weighted by Gasteiger charge is -2.51. The van der Waals surface area contributed by atoms with Gasteiger partial charge in [-0.2, -0.15) is 0 Å². The molecule has 3 rings (SSSR count). The highest BCUT2D eigenvalue weighted by atomic mass is 35.6. The largest absolute Gasteiger partial charge is 0.497 e. The van der Waals surface area contributed by atoms with Crippen molar-refractivity contribution in [3.05, 3.63) is 29.8 Å². The second-order valence-electron chi connectivity index (χ2n) is 10.6. The van der Waals surface area contributed by atoms with Gasteiger partial charge in [-0.05, 0) is 38.5 Å². The van der Waals surface area contributed by atoms with E-state index in [2.05, 4.69) is 0 Å². The van der Waals surface area contributed by atoms with E-state index in [1.54, 1.807) is 33.1 Å². The van der Waals surface area contributed by atoms with Gasteiger partial charge in [0.05, 0.1) is 25.9 Å². The van der Waals surface area contributed by atoms with Crippen LogP contribution in [0.1, 0.15) is 40.2 Å². The predicted molar refractivity (Wildman–Crippen MR) is 157 cm³/mol. The summed E-state index contributed by atoms with van der Waals surface area (Å²) in [6.45, 7) is 7.13. The van der Waals surface area contributed by atoms with Crippen molar-refractivity contribution in [3.63, 3.8) is 0 Å². The van der Waals surface area contributed by atoms with Crippen LogP contribution in [0.15, 0.2) is 24.3 Å². The summed E-state index contributed by atoms with van der Waals surface area (Å²) < 4.78 is 49.4. The molecule has 248 valence electrons. The molecule has 0 aromatic heterocycles. The molecule has 0 saturated carbocycles. The zero-order valence-corrected chi connectivity index (χ0v) is 27.6. The molecule has 1 aromatic rings. The monoisotopic (exact) mass is 685 g/mol. The van der Waals surface area contributed by atoms with Gasteiger partial charge in [-0.3, -0.25) is 15.0 Å². The van der Waals surface area contributed by atoms with Crippen molar-refractivity contribution < 1.29 is 57.3 Å². The summed E-state index contributed by atoms with van der Waals surface area (Å²) in [4.78, 5) is 24.4. The van der Waals surface area contributed by atoms with Gasteiger partial charge >= 0.3 is 11.9 Å². The fraction of sp³-hybridized carbons (Fsp3) is 0.679. The second-order valence-corrected chi connectivity index (χ2v) is 12.9. The van der Waals surface area contributed by atoms with E-state index >= 15 is 0 Å². The maximum absolute atomic E-state index is 12.2. The average Bonchev–Trinajstić information content (AvgIpc) is 2.92. The number of rotatable bonds is 10. The Labute approximate surface area is 270 Å². The number of carbonyl (C=O) groups is 2. The van der Waals surface area contributed by atoms with Crippen LogP contribution in [-0.2, 0) is 54.1 Å². The van der Waals surface area contributed by atoms with Crippen LogP contribution in [0.25, 0.3) is 0 Å². The molecule has 0 spiro atoms. The number of methoxy groups -OCH3 is 2. The van der Waals surface area contributed by atoms with Gasteiger partial charge in [-0.15, -0.1) is 0 Å². The molecular formula is C28H38Cl3NO12. The summed E-state index contributed by atoms with van der Waals surface area (Å²) in [5.74, 6) is -1.61. The van der Waals surface area contributed by atoms with Crippen LogP contribution >= 0.6 is 34.8 Å². The van der Waals surface area contributed by atoms with Gasteiger partial charge in [0.25, 0.3) is 3.79 Å². The molecule has 2 saturated heterocycles. The standard InChI is InChI=1S/C28H38Cl3NO12/c1-13-19(37-7)20(21(41-15(3)33)24(39-13)44-26(32)28(29,30)31)43-25-23(42-16(4)34)27(5,35)22(14(2)40-25)38-12-17-8-10-18(36-6)11-9-17/h8-11,13-14,19-25,32,35H,12H2,1-7H3/t13-,14-,19+,20+,21-,22-,23-,24?,25+,27+/m1/s1. The summed E-state index contributed by atoms with van der Waals surface area (Å²) >= 11 is 17.4. The summed E-state index contributed by atoms with van der Waals surface area (Å²) in [5.41, 5.74) is -1.05. The summed E-state index contributed by atoms with van der Waals surface area (Å²) in [6, 6.07) is 7.17. The minimum absolute atomic E-state index is 0.1000. The Hall–Kier alpha value is -1.94. The molecular weight excluding hydrogens is 649 g/mol. The number of ether oxygens (including phenoxy) is 9. The molecule has 2 aliphatic heterocycles. The van der Waals surface area contributed by atoms with Crippen molar-refractivity contribution in [1.29, 1.82) is 5.41 Å². The van der Waals surface area contributed by atoms with Crippen LogP contribution in [0.2, 0.25) is 0 Å². The lowest BCUT2D eigenvalue weighted by Crippen LogP contribution is -2.69. The number of benzene rings is 1. The smallest absolute Gasteiger partial charge is 0.303 e. The highest BCUT2D eigenvalue weighted by Gasteiger charge is 2.58. The molecule has 0 aliphatic carbocycles. The molecule has 2 N–H and O–H groups in total. The Kier molecular flexibility index (Phi) is 12.5. The fourth-order valence-corrected chi connectivity index (χ4v) is 5.27. The number of alkyl halides is 3. The maximum Gasteiger partial charge on any atom is 0.303 e. The fourth-order valence-electron chi connectivity index (χ4n) is 5.14. The molecule has 13 nitrogen and oxygen atoms in total. The third-order valence-corrected chi connectivity index (χ3v) is 7.66.